The largest absolute Gasteiger partial charge is 0.358 e. The van der Waals surface area contributed by atoms with Gasteiger partial charge in [-0.05, 0) is 19.3 Å². The molecule has 5 nitrogen and oxygen atoms in total. The second-order valence-electron chi connectivity index (χ2n) is 3.72. The van der Waals surface area contributed by atoms with Gasteiger partial charge in [0.05, 0.1) is 12.3 Å². The Morgan fingerprint density at radius 2 is 2.00 bits per heavy atom. The van der Waals surface area contributed by atoms with Crippen molar-refractivity contribution in [2.75, 3.05) is 31.8 Å². The molecule has 0 atom stereocenters. The highest BCUT2D eigenvalue weighted by Gasteiger charge is 2.22. The third-order valence-corrected chi connectivity index (χ3v) is 4.42. The van der Waals surface area contributed by atoms with Crippen LogP contribution in [0.2, 0.25) is 0 Å². The fourth-order valence-corrected chi connectivity index (χ4v) is 3.10. The zero-order valence-electron chi connectivity index (χ0n) is 10.4. The van der Waals surface area contributed by atoms with E-state index in [2.05, 4.69) is 5.32 Å². The van der Waals surface area contributed by atoms with Crippen molar-refractivity contribution in [2.45, 2.75) is 26.2 Å². The number of alkyl halides is 1. The lowest BCUT2D eigenvalue weighted by molar-refractivity contribution is -0.120. The Balaban J connectivity index is 4.49. The van der Waals surface area contributed by atoms with E-state index < -0.39 is 10.0 Å². The molecule has 0 aromatic rings. The Labute approximate surface area is 109 Å². The number of nitrogens with zero attached hydrogens (tertiary/aromatic N) is 1. The minimum absolute atomic E-state index is 0.0523. The molecule has 0 aliphatic rings. The highest BCUT2D eigenvalue weighted by Crippen LogP contribution is 2.06. The van der Waals surface area contributed by atoms with E-state index in [-0.39, 0.29) is 18.2 Å². The molecule has 0 aromatic heterocycles. The summed E-state index contributed by atoms with van der Waals surface area (Å²) >= 11 is 5.51. The molecule has 0 saturated carbocycles. The molecule has 0 aromatic carbocycles. The second-order valence-corrected chi connectivity index (χ2v) is 6.19. The van der Waals surface area contributed by atoms with Crippen LogP contribution in [0.5, 0.6) is 0 Å². The Hall–Kier alpha value is -0.330. The molecule has 0 fully saturated rings. The topological polar surface area (TPSA) is 66.5 Å². The van der Waals surface area contributed by atoms with E-state index in [1.807, 2.05) is 6.92 Å². The number of sulfonamides is 1. The molecule has 0 radical (unpaired) electrons. The van der Waals surface area contributed by atoms with Crippen LogP contribution in [0.15, 0.2) is 0 Å². The third kappa shape index (κ3) is 6.85. The van der Waals surface area contributed by atoms with Crippen molar-refractivity contribution < 1.29 is 13.2 Å². The van der Waals surface area contributed by atoms with Crippen molar-refractivity contribution in [1.82, 2.24) is 9.62 Å². The quantitative estimate of drug-likeness (QED) is 0.503. The predicted molar refractivity (Wildman–Crippen MR) is 69.7 cm³/mol. The van der Waals surface area contributed by atoms with Crippen LogP contribution in [-0.2, 0) is 14.8 Å². The number of amides is 1. The SMILES string of the molecule is CCCN(CC(=O)NC)S(=O)(=O)CCCCCl. The molecular weight excluding hydrogens is 264 g/mol. The highest BCUT2D eigenvalue weighted by molar-refractivity contribution is 7.89. The maximum absolute atomic E-state index is 11.9. The van der Waals surface area contributed by atoms with Gasteiger partial charge in [-0.3, -0.25) is 4.79 Å². The highest BCUT2D eigenvalue weighted by atomic mass is 35.5. The summed E-state index contributed by atoms with van der Waals surface area (Å²) in [4.78, 5) is 11.2. The zero-order valence-corrected chi connectivity index (χ0v) is 12.0. The molecular formula is C10H21ClN2O3S. The molecule has 0 saturated heterocycles. The number of carbonyl (C=O) groups excluding carboxylic acids is 1. The number of hydrogen-bond acceptors (Lipinski definition) is 3. The fourth-order valence-electron chi connectivity index (χ4n) is 1.31. The van der Waals surface area contributed by atoms with E-state index in [0.717, 1.165) is 0 Å². The Kier molecular flexibility index (Phi) is 8.55. The van der Waals surface area contributed by atoms with Gasteiger partial charge < -0.3 is 5.32 Å². The average molecular weight is 285 g/mol. The molecule has 0 bridgehead atoms. The molecule has 1 amide bonds. The summed E-state index contributed by atoms with van der Waals surface area (Å²) in [5.74, 6) is 0.217. The van der Waals surface area contributed by atoms with Crippen LogP contribution in [0.4, 0.5) is 0 Å². The van der Waals surface area contributed by atoms with Gasteiger partial charge in [0.2, 0.25) is 15.9 Å². The average Bonchev–Trinajstić information content (AvgIpc) is 2.28. The van der Waals surface area contributed by atoms with E-state index in [0.29, 0.717) is 31.7 Å². The normalized spacial score (nSPS) is 11.8. The molecule has 0 unspecified atom stereocenters. The number of nitrogens with one attached hydrogen (secondary N) is 1. The van der Waals surface area contributed by atoms with Crippen molar-refractivity contribution in [1.29, 1.82) is 0 Å². The third-order valence-electron chi connectivity index (χ3n) is 2.25. The molecule has 7 heteroatoms. The first kappa shape index (κ1) is 16.7. The molecule has 0 aliphatic carbocycles. The summed E-state index contributed by atoms with van der Waals surface area (Å²) in [6.45, 7) is 2.15. The summed E-state index contributed by atoms with van der Waals surface area (Å²) in [6.07, 6.45) is 1.88. The molecule has 0 spiro atoms. The van der Waals surface area contributed by atoms with Gasteiger partial charge in [0, 0.05) is 19.5 Å². The van der Waals surface area contributed by atoms with Crippen molar-refractivity contribution >= 4 is 27.5 Å². The molecule has 1 N–H and O–H groups in total. The van der Waals surface area contributed by atoms with Crippen LogP contribution in [0.25, 0.3) is 0 Å². The lowest BCUT2D eigenvalue weighted by Gasteiger charge is -2.20. The summed E-state index contributed by atoms with van der Waals surface area (Å²) in [6, 6.07) is 0. The summed E-state index contributed by atoms with van der Waals surface area (Å²) in [7, 11) is -1.86. The Bertz CT molecular complexity index is 320. The van der Waals surface area contributed by atoms with Gasteiger partial charge in [-0.1, -0.05) is 6.92 Å². The number of unbranched alkanes of at least 4 members (excludes halogenated alkanes) is 1. The first-order chi connectivity index (χ1) is 7.97. The van der Waals surface area contributed by atoms with Crippen molar-refractivity contribution in [2.24, 2.45) is 0 Å². The number of halogens is 1. The van der Waals surface area contributed by atoms with Crippen molar-refractivity contribution in [3.63, 3.8) is 0 Å². The number of rotatable bonds is 9. The van der Waals surface area contributed by atoms with E-state index >= 15 is 0 Å². The summed E-state index contributed by atoms with van der Waals surface area (Å²) < 4.78 is 25.1. The van der Waals surface area contributed by atoms with Crippen molar-refractivity contribution in [3.8, 4) is 0 Å². The lowest BCUT2D eigenvalue weighted by atomic mass is 10.4. The molecule has 0 aliphatic heterocycles. The Morgan fingerprint density at radius 1 is 1.35 bits per heavy atom. The van der Waals surface area contributed by atoms with Crippen LogP contribution >= 0.6 is 11.6 Å². The number of likely N-dealkylation sites (N-methyl/N-ethyl adjacent to an activating group) is 1. The van der Waals surface area contributed by atoms with Crippen LogP contribution in [0.1, 0.15) is 26.2 Å². The van der Waals surface area contributed by atoms with Gasteiger partial charge in [-0.2, -0.15) is 4.31 Å². The fraction of sp³-hybridized carbons (Fsp3) is 0.900. The molecule has 102 valence electrons. The predicted octanol–water partition coefficient (Wildman–Crippen LogP) is 0.793. The van der Waals surface area contributed by atoms with Gasteiger partial charge in [0.1, 0.15) is 0 Å². The molecule has 0 rings (SSSR count). The zero-order chi connectivity index (χ0) is 13.3. The van der Waals surface area contributed by atoms with E-state index in [1.54, 1.807) is 0 Å². The number of carbonyl (C=O) groups is 1. The van der Waals surface area contributed by atoms with Crippen LogP contribution < -0.4 is 5.32 Å². The van der Waals surface area contributed by atoms with Crippen LogP contribution in [-0.4, -0.2) is 50.4 Å². The van der Waals surface area contributed by atoms with Crippen LogP contribution in [0, 0.1) is 0 Å². The standard InChI is InChI=1S/C10H21ClN2O3S/c1-3-7-13(9-10(14)12-2)17(15,16)8-5-4-6-11/h3-9H2,1-2H3,(H,12,14). The summed E-state index contributed by atoms with van der Waals surface area (Å²) in [5, 5.41) is 2.43. The maximum Gasteiger partial charge on any atom is 0.235 e. The lowest BCUT2D eigenvalue weighted by Crippen LogP contribution is -2.41. The van der Waals surface area contributed by atoms with Gasteiger partial charge >= 0.3 is 0 Å². The minimum atomic E-state index is -3.35. The molecule has 0 heterocycles. The van der Waals surface area contributed by atoms with Gasteiger partial charge in [0.15, 0.2) is 0 Å². The first-order valence-corrected chi connectivity index (χ1v) is 7.86. The summed E-state index contributed by atoms with van der Waals surface area (Å²) in [5.41, 5.74) is 0. The minimum Gasteiger partial charge on any atom is -0.358 e. The van der Waals surface area contributed by atoms with Crippen molar-refractivity contribution in [3.05, 3.63) is 0 Å². The van der Waals surface area contributed by atoms with E-state index in [1.165, 1.54) is 11.4 Å². The number of hydrogen-bond donors (Lipinski definition) is 1. The van der Waals surface area contributed by atoms with Gasteiger partial charge in [0.25, 0.3) is 0 Å². The second kappa shape index (κ2) is 8.72. The monoisotopic (exact) mass is 284 g/mol. The van der Waals surface area contributed by atoms with E-state index in [9.17, 15) is 13.2 Å². The first-order valence-electron chi connectivity index (χ1n) is 5.72. The van der Waals surface area contributed by atoms with Gasteiger partial charge in [-0.25, -0.2) is 8.42 Å². The van der Waals surface area contributed by atoms with Gasteiger partial charge in [-0.15, -0.1) is 11.6 Å². The maximum atomic E-state index is 11.9. The van der Waals surface area contributed by atoms with E-state index in [4.69, 9.17) is 11.6 Å². The molecule has 17 heavy (non-hydrogen) atoms. The van der Waals surface area contributed by atoms with Crippen LogP contribution in [0.3, 0.4) is 0 Å². The Morgan fingerprint density at radius 3 is 2.47 bits per heavy atom. The smallest absolute Gasteiger partial charge is 0.235 e.